The Morgan fingerprint density at radius 1 is 1.23 bits per heavy atom. The van der Waals surface area contributed by atoms with Gasteiger partial charge in [-0.2, -0.15) is 21.6 Å². The lowest BCUT2D eigenvalue weighted by Gasteiger charge is -2.31. The lowest BCUT2D eigenvalue weighted by molar-refractivity contribution is -0.137. The predicted octanol–water partition coefficient (Wildman–Crippen LogP) is 6.07. The van der Waals surface area contributed by atoms with Crippen LogP contribution in [0.15, 0.2) is 43.0 Å². The number of hydrogen-bond donors (Lipinski definition) is 0. The van der Waals surface area contributed by atoms with Gasteiger partial charge in [0.05, 0.1) is 29.5 Å². The van der Waals surface area contributed by atoms with Crippen molar-refractivity contribution >= 4 is 33.5 Å². The summed E-state index contributed by atoms with van der Waals surface area (Å²) in [6.07, 6.45) is -2.01. The highest BCUT2D eigenvalue weighted by Crippen LogP contribution is 2.38. The van der Waals surface area contributed by atoms with E-state index in [0.717, 1.165) is 17.9 Å². The van der Waals surface area contributed by atoms with Gasteiger partial charge in [0.25, 0.3) is 10.1 Å². The highest BCUT2D eigenvalue weighted by Gasteiger charge is 2.34. The third-order valence-corrected chi connectivity index (χ3v) is 5.57. The van der Waals surface area contributed by atoms with Crippen molar-refractivity contribution in [3.63, 3.8) is 0 Å². The van der Waals surface area contributed by atoms with Crippen LogP contribution in [0.5, 0.6) is 0 Å². The Morgan fingerprint density at radius 3 is 2.43 bits per heavy atom. The van der Waals surface area contributed by atoms with Crippen LogP contribution in [0, 0.1) is 0 Å². The molecular formula is C21H23ClF3NO3S. The maximum Gasteiger partial charge on any atom is 0.417 e. The van der Waals surface area contributed by atoms with E-state index in [1.807, 2.05) is 19.9 Å². The molecule has 0 fully saturated rings. The van der Waals surface area contributed by atoms with Gasteiger partial charge in [-0.3, -0.25) is 4.18 Å². The van der Waals surface area contributed by atoms with Crippen molar-refractivity contribution in [1.82, 2.24) is 0 Å². The molecule has 164 valence electrons. The third kappa shape index (κ3) is 6.00. The molecule has 4 nitrogen and oxygen atoms in total. The molecule has 2 rings (SSSR count). The van der Waals surface area contributed by atoms with E-state index >= 15 is 0 Å². The molecule has 0 aromatic heterocycles. The van der Waals surface area contributed by atoms with E-state index in [9.17, 15) is 21.6 Å². The summed E-state index contributed by atoms with van der Waals surface area (Å²) < 4.78 is 67.4. The molecule has 0 radical (unpaired) electrons. The second-order valence-electron chi connectivity index (χ2n) is 6.75. The van der Waals surface area contributed by atoms with Gasteiger partial charge in [0.2, 0.25) is 0 Å². The summed E-state index contributed by atoms with van der Waals surface area (Å²) in [7, 11) is -3.63. The molecule has 0 aliphatic carbocycles. The van der Waals surface area contributed by atoms with E-state index in [1.165, 1.54) is 6.07 Å². The fourth-order valence-corrected chi connectivity index (χ4v) is 3.72. The normalized spacial score (nSPS) is 13.2. The molecule has 0 amide bonds. The second kappa shape index (κ2) is 9.41. The quantitative estimate of drug-likeness (QED) is 0.448. The monoisotopic (exact) mass is 461 g/mol. The maximum absolute atomic E-state index is 13.3. The molecule has 9 heteroatoms. The van der Waals surface area contributed by atoms with Crippen molar-refractivity contribution < 1.29 is 25.8 Å². The average Bonchev–Trinajstić information content (AvgIpc) is 2.66. The van der Waals surface area contributed by atoms with E-state index < -0.39 is 21.9 Å². The van der Waals surface area contributed by atoms with Crippen LogP contribution in [0.25, 0.3) is 6.08 Å². The van der Waals surface area contributed by atoms with Gasteiger partial charge in [0.1, 0.15) is 0 Å². The SMILES string of the molecule is C=Cc1ccc(C(C)N(CC)c2ccc(Cl)c(C(F)(F)F)c2)cc1COS(C)(=O)=O. The van der Waals surface area contributed by atoms with Crippen molar-refractivity contribution in [2.45, 2.75) is 32.7 Å². The smallest absolute Gasteiger partial charge is 0.365 e. The molecule has 0 aliphatic heterocycles. The van der Waals surface area contributed by atoms with E-state index in [-0.39, 0.29) is 17.7 Å². The molecule has 0 N–H and O–H groups in total. The number of anilines is 1. The summed E-state index contributed by atoms with van der Waals surface area (Å²) in [5, 5.41) is -0.356. The van der Waals surface area contributed by atoms with Crippen LogP contribution >= 0.6 is 11.6 Å². The minimum Gasteiger partial charge on any atom is -0.365 e. The van der Waals surface area contributed by atoms with Gasteiger partial charge in [-0.05, 0) is 48.7 Å². The third-order valence-electron chi connectivity index (χ3n) is 4.69. The van der Waals surface area contributed by atoms with Crippen molar-refractivity contribution in [3.05, 3.63) is 70.3 Å². The number of halogens is 4. The van der Waals surface area contributed by atoms with Gasteiger partial charge in [0.15, 0.2) is 0 Å². The lowest BCUT2D eigenvalue weighted by atomic mass is 9.99. The molecule has 0 saturated heterocycles. The number of nitrogens with zero attached hydrogens (tertiary/aromatic N) is 1. The Labute approximate surface area is 180 Å². The van der Waals surface area contributed by atoms with E-state index in [2.05, 4.69) is 6.58 Å². The molecule has 30 heavy (non-hydrogen) atoms. The number of hydrogen-bond acceptors (Lipinski definition) is 4. The van der Waals surface area contributed by atoms with E-state index in [1.54, 1.807) is 29.2 Å². The summed E-state index contributed by atoms with van der Waals surface area (Å²) in [5.41, 5.74) is 1.60. The summed E-state index contributed by atoms with van der Waals surface area (Å²) in [4.78, 5) is 1.80. The van der Waals surface area contributed by atoms with Crippen molar-refractivity contribution in [3.8, 4) is 0 Å². The van der Waals surface area contributed by atoms with Gasteiger partial charge in [-0.1, -0.05) is 42.5 Å². The van der Waals surface area contributed by atoms with E-state index in [4.69, 9.17) is 15.8 Å². The first-order valence-corrected chi connectivity index (χ1v) is 11.3. The molecule has 2 aromatic rings. The fraction of sp³-hybridized carbons (Fsp3) is 0.333. The Morgan fingerprint density at radius 2 is 1.90 bits per heavy atom. The molecular weight excluding hydrogens is 439 g/mol. The Hall–Kier alpha value is -2.03. The molecule has 0 bridgehead atoms. The first-order valence-electron chi connectivity index (χ1n) is 9.10. The second-order valence-corrected chi connectivity index (χ2v) is 8.80. The zero-order valence-electron chi connectivity index (χ0n) is 16.8. The molecule has 1 atom stereocenters. The highest BCUT2D eigenvalue weighted by molar-refractivity contribution is 7.85. The molecule has 0 aliphatic rings. The van der Waals surface area contributed by atoms with Crippen LogP contribution in [0.2, 0.25) is 5.02 Å². The van der Waals surface area contributed by atoms with Crippen LogP contribution in [-0.2, 0) is 27.1 Å². The summed E-state index contributed by atoms with van der Waals surface area (Å²) in [6.45, 7) is 7.69. The number of alkyl halides is 3. The van der Waals surface area contributed by atoms with Crippen LogP contribution < -0.4 is 4.90 Å². The summed E-state index contributed by atoms with van der Waals surface area (Å²) in [6, 6.07) is 8.90. The minimum absolute atomic E-state index is 0.161. The molecule has 0 saturated carbocycles. The van der Waals surface area contributed by atoms with Gasteiger partial charge in [0, 0.05) is 12.2 Å². The van der Waals surface area contributed by atoms with Gasteiger partial charge in [-0.25, -0.2) is 0 Å². The summed E-state index contributed by atoms with van der Waals surface area (Å²) in [5.74, 6) is 0. The zero-order valence-corrected chi connectivity index (χ0v) is 18.4. The van der Waals surface area contributed by atoms with Crippen molar-refractivity contribution in [2.75, 3.05) is 17.7 Å². The van der Waals surface area contributed by atoms with Crippen LogP contribution in [0.4, 0.5) is 18.9 Å². The van der Waals surface area contributed by atoms with Crippen LogP contribution in [-0.4, -0.2) is 21.2 Å². The van der Waals surface area contributed by atoms with Gasteiger partial charge >= 0.3 is 6.18 Å². The minimum atomic E-state index is -4.56. The van der Waals surface area contributed by atoms with Gasteiger partial charge < -0.3 is 4.90 Å². The first kappa shape index (κ1) is 24.2. The predicted molar refractivity (Wildman–Crippen MR) is 114 cm³/mol. The molecule has 0 spiro atoms. The Balaban J connectivity index is 2.42. The topological polar surface area (TPSA) is 46.6 Å². The molecule has 2 aromatic carbocycles. The Kier molecular flexibility index (Phi) is 7.60. The van der Waals surface area contributed by atoms with Crippen LogP contribution in [0.1, 0.15) is 42.1 Å². The molecule has 1 unspecified atom stereocenters. The lowest BCUT2D eigenvalue weighted by Crippen LogP contribution is -2.27. The summed E-state index contributed by atoms with van der Waals surface area (Å²) >= 11 is 5.74. The van der Waals surface area contributed by atoms with Gasteiger partial charge in [-0.15, -0.1) is 0 Å². The largest absolute Gasteiger partial charge is 0.417 e. The number of benzene rings is 2. The first-order chi connectivity index (χ1) is 13.9. The average molecular weight is 462 g/mol. The Bertz CT molecular complexity index is 1020. The fourth-order valence-electron chi connectivity index (χ4n) is 3.15. The number of rotatable bonds is 8. The van der Waals surface area contributed by atoms with Crippen LogP contribution in [0.3, 0.4) is 0 Å². The van der Waals surface area contributed by atoms with E-state index in [0.29, 0.717) is 23.4 Å². The molecule has 0 heterocycles. The highest BCUT2D eigenvalue weighted by atomic mass is 35.5. The van der Waals surface area contributed by atoms with Crippen molar-refractivity contribution in [1.29, 1.82) is 0 Å². The maximum atomic E-state index is 13.3. The zero-order chi connectivity index (χ0) is 22.7. The standard InChI is InChI=1S/C21H23ClF3NO3S/c1-5-15-7-8-16(11-17(15)13-29-30(4,27)28)14(3)26(6-2)18-9-10-20(22)19(12-18)21(23,24)25/h5,7-12,14H,1,6,13H2,2-4H3. The van der Waals surface area contributed by atoms with Crippen molar-refractivity contribution in [2.24, 2.45) is 0 Å².